The number of esters is 1. The summed E-state index contributed by atoms with van der Waals surface area (Å²) < 4.78 is 4.74. The van der Waals surface area contributed by atoms with Crippen LogP contribution >= 0.6 is 0 Å². The monoisotopic (exact) mass is 202 g/mol. The van der Waals surface area contributed by atoms with Crippen LogP contribution in [0.15, 0.2) is 0 Å². The summed E-state index contributed by atoms with van der Waals surface area (Å²) in [6.45, 7) is 5.59. The number of hydrogen-bond acceptors (Lipinski definition) is 4. The van der Waals surface area contributed by atoms with E-state index in [4.69, 9.17) is 10.5 Å². The van der Waals surface area contributed by atoms with Crippen LogP contribution in [0.2, 0.25) is 0 Å². The maximum atomic E-state index is 11.3. The fourth-order valence-electron chi connectivity index (χ4n) is 1.02. The highest BCUT2D eigenvalue weighted by Gasteiger charge is 2.19. The molecule has 1 amide bonds. The van der Waals surface area contributed by atoms with Crippen LogP contribution in [0.5, 0.6) is 0 Å². The van der Waals surface area contributed by atoms with Gasteiger partial charge in [-0.25, -0.2) is 0 Å². The summed E-state index contributed by atoms with van der Waals surface area (Å²) in [6.07, 6.45) is 0. The average Bonchev–Trinajstić information content (AvgIpc) is 2.13. The molecule has 5 heteroatoms. The van der Waals surface area contributed by atoms with E-state index in [0.29, 0.717) is 6.61 Å². The summed E-state index contributed by atoms with van der Waals surface area (Å²) in [4.78, 5) is 23.8. The van der Waals surface area contributed by atoms with Crippen molar-refractivity contribution in [2.24, 2.45) is 5.73 Å². The second-order valence-corrected chi connectivity index (χ2v) is 3.12. The second-order valence-electron chi connectivity index (χ2n) is 3.12. The zero-order chi connectivity index (χ0) is 11.1. The fourth-order valence-corrected chi connectivity index (χ4v) is 1.02. The Labute approximate surface area is 84.2 Å². The number of ether oxygens (including phenoxy) is 1. The van der Waals surface area contributed by atoms with Crippen LogP contribution in [0.4, 0.5) is 0 Å². The van der Waals surface area contributed by atoms with Gasteiger partial charge in [-0.15, -0.1) is 0 Å². The highest BCUT2D eigenvalue weighted by atomic mass is 16.5. The number of amides is 1. The Hall–Kier alpha value is -1.10. The van der Waals surface area contributed by atoms with Crippen LogP contribution in [-0.4, -0.2) is 42.5 Å². The minimum Gasteiger partial charge on any atom is -0.465 e. The van der Waals surface area contributed by atoms with Crippen molar-refractivity contribution in [3.8, 4) is 0 Å². The summed E-state index contributed by atoms with van der Waals surface area (Å²) in [7, 11) is 0. The summed E-state index contributed by atoms with van der Waals surface area (Å²) >= 11 is 0. The van der Waals surface area contributed by atoms with Gasteiger partial charge in [-0.05, 0) is 20.8 Å². The largest absolute Gasteiger partial charge is 0.465 e. The van der Waals surface area contributed by atoms with Gasteiger partial charge in [0.2, 0.25) is 5.91 Å². The zero-order valence-corrected chi connectivity index (χ0v) is 8.95. The molecule has 0 bridgehead atoms. The molecule has 0 aromatic rings. The highest BCUT2D eigenvalue weighted by molar-refractivity contribution is 5.83. The van der Waals surface area contributed by atoms with Gasteiger partial charge >= 0.3 is 5.97 Å². The third-order valence-electron chi connectivity index (χ3n) is 1.72. The van der Waals surface area contributed by atoms with Crippen LogP contribution < -0.4 is 5.73 Å². The number of carbonyl (C=O) groups excluding carboxylic acids is 2. The van der Waals surface area contributed by atoms with E-state index in [-0.39, 0.29) is 25.0 Å². The van der Waals surface area contributed by atoms with Crippen LogP contribution in [0.3, 0.4) is 0 Å². The summed E-state index contributed by atoms with van der Waals surface area (Å²) in [5.41, 5.74) is 5.22. The predicted octanol–water partition coefficient (Wildman–Crippen LogP) is -0.255. The summed E-state index contributed by atoms with van der Waals surface area (Å²) in [5, 5.41) is 0. The maximum absolute atomic E-state index is 11.3. The molecule has 0 aliphatic heterocycles. The SMILES string of the molecule is CCOC(=O)CN(C(=O)CN)C(C)C. The predicted molar refractivity (Wildman–Crippen MR) is 52.5 cm³/mol. The maximum Gasteiger partial charge on any atom is 0.325 e. The molecule has 0 saturated carbocycles. The third-order valence-corrected chi connectivity index (χ3v) is 1.72. The Morgan fingerprint density at radius 2 is 2.00 bits per heavy atom. The fraction of sp³-hybridized carbons (Fsp3) is 0.778. The van der Waals surface area contributed by atoms with E-state index in [9.17, 15) is 9.59 Å². The van der Waals surface area contributed by atoms with E-state index >= 15 is 0 Å². The van der Waals surface area contributed by atoms with E-state index in [0.717, 1.165) is 0 Å². The molecule has 0 saturated heterocycles. The average molecular weight is 202 g/mol. The molecule has 82 valence electrons. The van der Waals surface area contributed by atoms with Gasteiger partial charge in [0.25, 0.3) is 0 Å². The van der Waals surface area contributed by atoms with Crippen LogP contribution in [0, 0.1) is 0 Å². The van der Waals surface area contributed by atoms with Crippen molar-refractivity contribution in [3.05, 3.63) is 0 Å². The van der Waals surface area contributed by atoms with E-state index in [2.05, 4.69) is 0 Å². The van der Waals surface area contributed by atoms with Crippen molar-refractivity contribution in [1.29, 1.82) is 0 Å². The Morgan fingerprint density at radius 3 is 2.36 bits per heavy atom. The van der Waals surface area contributed by atoms with Gasteiger partial charge in [-0.3, -0.25) is 9.59 Å². The molecular formula is C9H18N2O3. The van der Waals surface area contributed by atoms with Gasteiger partial charge in [-0.1, -0.05) is 0 Å². The lowest BCUT2D eigenvalue weighted by Gasteiger charge is -2.24. The van der Waals surface area contributed by atoms with Crippen LogP contribution in [0.1, 0.15) is 20.8 Å². The lowest BCUT2D eigenvalue weighted by molar-refractivity contribution is -0.149. The molecule has 0 rings (SSSR count). The molecule has 0 atom stereocenters. The molecule has 14 heavy (non-hydrogen) atoms. The normalized spacial score (nSPS) is 10.1. The van der Waals surface area contributed by atoms with Gasteiger partial charge in [-0.2, -0.15) is 0 Å². The van der Waals surface area contributed by atoms with Gasteiger partial charge in [0.15, 0.2) is 0 Å². The molecule has 0 heterocycles. The lowest BCUT2D eigenvalue weighted by Crippen LogP contribution is -2.44. The van der Waals surface area contributed by atoms with Gasteiger partial charge in [0, 0.05) is 6.04 Å². The van der Waals surface area contributed by atoms with E-state index < -0.39 is 5.97 Å². The molecule has 0 unspecified atom stereocenters. The molecule has 0 fully saturated rings. The third kappa shape index (κ3) is 4.23. The van der Waals surface area contributed by atoms with E-state index in [1.165, 1.54) is 4.90 Å². The molecular weight excluding hydrogens is 184 g/mol. The van der Waals surface area contributed by atoms with Crippen molar-refractivity contribution in [2.45, 2.75) is 26.8 Å². The first kappa shape index (κ1) is 12.9. The Morgan fingerprint density at radius 1 is 1.43 bits per heavy atom. The number of nitrogens with zero attached hydrogens (tertiary/aromatic N) is 1. The quantitative estimate of drug-likeness (QED) is 0.624. The highest BCUT2D eigenvalue weighted by Crippen LogP contribution is 1.98. The molecule has 0 radical (unpaired) electrons. The van der Waals surface area contributed by atoms with Crippen molar-refractivity contribution in [3.63, 3.8) is 0 Å². The number of nitrogens with two attached hydrogens (primary N) is 1. The van der Waals surface area contributed by atoms with Crippen molar-refractivity contribution >= 4 is 11.9 Å². The molecule has 0 aromatic carbocycles. The minimum absolute atomic E-state index is 0.0263. The first-order valence-corrected chi connectivity index (χ1v) is 4.68. The van der Waals surface area contributed by atoms with Gasteiger partial charge in [0.05, 0.1) is 13.2 Å². The molecule has 0 aliphatic rings. The molecule has 2 N–H and O–H groups in total. The smallest absolute Gasteiger partial charge is 0.325 e. The van der Waals surface area contributed by atoms with Crippen LogP contribution in [0.25, 0.3) is 0 Å². The molecule has 5 nitrogen and oxygen atoms in total. The Balaban J connectivity index is 4.23. The Kier molecular flexibility index (Phi) is 5.87. The molecule has 0 aliphatic carbocycles. The van der Waals surface area contributed by atoms with Gasteiger partial charge in [0.1, 0.15) is 6.54 Å². The summed E-state index contributed by atoms with van der Waals surface area (Å²) in [5.74, 6) is -0.643. The number of hydrogen-bond donors (Lipinski definition) is 1. The van der Waals surface area contributed by atoms with E-state index in [1.54, 1.807) is 6.92 Å². The number of rotatable bonds is 5. The van der Waals surface area contributed by atoms with Crippen LogP contribution in [-0.2, 0) is 14.3 Å². The van der Waals surface area contributed by atoms with Crippen molar-refractivity contribution in [1.82, 2.24) is 4.90 Å². The summed E-state index contributed by atoms with van der Waals surface area (Å²) in [6, 6.07) is -0.0459. The van der Waals surface area contributed by atoms with Gasteiger partial charge < -0.3 is 15.4 Å². The zero-order valence-electron chi connectivity index (χ0n) is 8.95. The molecule has 0 spiro atoms. The van der Waals surface area contributed by atoms with Crippen molar-refractivity contribution in [2.75, 3.05) is 19.7 Å². The second kappa shape index (κ2) is 6.37. The molecule has 0 aromatic heterocycles. The topological polar surface area (TPSA) is 72.6 Å². The first-order valence-electron chi connectivity index (χ1n) is 4.68. The number of carbonyl (C=O) groups is 2. The first-order chi connectivity index (χ1) is 6.52. The van der Waals surface area contributed by atoms with E-state index in [1.807, 2.05) is 13.8 Å². The standard InChI is InChI=1S/C9H18N2O3/c1-4-14-9(13)6-11(7(2)3)8(12)5-10/h7H,4-6,10H2,1-3H3. The minimum atomic E-state index is -0.400. The van der Waals surface area contributed by atoms with Crippen molar-refractivity contribution < 1.29 is 14.3 Å². The Bertz CT molecular complexity index is 204. The lowest BCUT2D eigenvalue weighted by atomic mass is 10.3.